The predicted octanol–water partition coefficient (Wildman–Crippen LogP) is -0.314. The molecule has 7 nitrogen and oxygen atoms in total. The molecule has 0 atom stereocenters. The summed E-state index contributed by atoms with van der Waals surface area (Å²) in [5, 5.41) is 6.23. The van der Waals surface area contributed by atoms with Crippen LogP contribution in [0.4, 0.5) is 0 Å². The van der Waals surface area contributed by atoms with Crippen molar-refractivity contribution in [1.82, 2.24) is 20.3 Å². The van der Waals surface area contributed by atoms with Gasteiger partial charge in [0.15, 0.2) is 5.96 Å². The number of nitrogens with one attached hydrogen (secondary N) is 3. The molecule has 1 aromatic heterocycles. The van der Waals surface area contributed by atoms with Crippen LogP contribution in [0.25, 0.3) is 0 Å². The van der Waals surface area contributed by atoms with Crippen molar-refractivity contribution in [2.24, 2.45) is 4.99 Å². The quantitative estimate of drug-likeness (QED) is 0.364. The summed E-state index contributed by atoms with van der Waals surface area (Å²) >= 11 is 0. The van der Waals surface area contributed by atoms with Crippen molar-refractivity contribution in [1.29, 1.82) is 0 Å². The lowest BCUT2D eigenvalue weighted by molar-refractivity contribution is 0.584. The molecule has 0 radical (unpaired) electrons. The van der Waals surface area contributed by atoms with Gasteiger partial charge in [-0.2, -0.15) is 0 Å². The minimum Gasteiger partial charge on any atom is -0.356 e. The molecule has 0 unspecified atom stereocenters. The number of hydrogen-bond donors (Lipinski definition) is 3. The maximum atomic E-state index is 10.9. The summed E-state index contributed by atoms with van der Waals surface area (Å²) in [7, 11) is -1.43. The first-order valence-corrected chi connectivity index (χ1v) is 8.19. The smallest absolute Gasteiger partial charge is 0.208 e. The molecular weight excluding hydrogens is 278 g/mol. The van der Waals surface area contributed by atoms with E-state index >= 15 is 0 Å². The third-order valence-corrected chi connectivity index (χ3v) is 3.13. The van der Waals surface area contributed by atoms with Crippen LogP contribution < -0.4 is 15.4 Å². The Kier molecular flexibility index (Phi) is 6.96. The first-order chi connectivity index (χ1) is 9.51. The van der Waals surface area contributed by atoms with Crippen LogP contribution >= 0.6 is 0 Å². The summed E-state index contributed by atoms with van der Waals surface area (Å²) < 4.78 is 24.2. The molecule has 0 saturated heterocycles. The Morgan fingerprint density at radius 1 is 1.30 bits per heavy atom. The molecule has 112 valence electrons. The largest absolute Gasteiger partial charge is 0.356 e. The molecule has 0 aliphatic rings. The Morgan fingerprint density at radius 3 is 2.70 bits per heavy atom. The van der Waals surface area contributed by atoms with Crippen LogP contribution in [0, 0.1) is 0 Å². The summed E-state index contributed by atoms with van der Waals surface area (Å²) in [4.78, 5) is 8.28. The van der Waals surface area contributed by atoms with E-state index < -0.39 is 10.0 Å². The molecule has 0 aliphatic heterocycles. The second-order valence-electron chi connectivity index (χ2n) is 4.19. The van der Waals surface area contributed by atoms with Crippen LogP contribution in [-0.2, 0) is 16.6 Å². The third kappa shape index (κ3) is 7.70. The van der Waals surface area contributed by atoms with Crippen LogP contribution in [0.3, 0.4) is 0 Å². The average Bonchev–Trinajstić information content (AvgIpc) is 2.42. The van der Waals surface area contributed by atoms with E-state index in [1.54, 1.807) is 13.2 Å². The predicted molar refractivity (Wildman–Crippen MR) is 79.9 cm³/mol. The molecule has 0 amide bonds. The van der Waals surface area contributed by atoms with E-state index in [2.05, 4.69) is 25.3 Å². The molecule has 1 rings (SSSR count). The van der Waals surface area contributed by atoms with Crippen molar-refractivity contribution >= 4 is 16.0 Å². The number of rotatable bonds is 7. The molecule has 8 heteroatoms. The van der Waals surface area contributed by atoms with Crippen LogP contribution in [0.1, 0.15) is 12.1 Å². The van der Waals surface area contributed by atoms with Crippen LogP contribution in [0.5, 0.6) is 0 Å². The number of aromatic nitrogens is 1. The second kappa shape index (κ2) is 8.49. The number of guanidine groups is 1. The third-order valence-electron chi connectivity index (χ3n) is 2.40. The average molecular weight is 299 g/mol. The molecule has 0 aromatic carbocycles. The van der Waals surface area contributed by atoms with E-state index in [4.69, 9.17) is 0 Å². The zero-order valence-corrected chi connectivity index (χ0v) is 12.6. The summed E-state index contributed by atoms with van der Waals surface area (Å²) in [5.74, 6) is 0.662. The van der Waals surface area contributed by atoms with Gasteiger partial charge in [-0.05, 0) is 18.6 Å². The molecule has 0 spiro atoms. The number of sulfonamides is 1. The van der Waals surface area contributed by atoms with Crippen molar-refractivity contribution in [2.45, 2.75) is 13.0 Å². The summed E-state index contributed by atoms with van der Waals surface area (Å²) in [6.45, 7) is 1.62. The van der Waals surface area contributed by atoms with Crippen LogP contribution in [0.2, 0.25) is 0 Å². The van der Waals surface area contributed by atoms with E-state index in [1.807, 2.05) is 18.2 Å². The highest BCUT2D eigenvalue weighted by molar-refractivity contribution is 7.88. The molecule has 0 fully saturated rings. The lowest BCUT2D eigenvalue weighted by atomic mass is 10.3. The van der Waals surface area contributed by atoms with Gasteiger partial charge in [-0.1, -0.05) is 6.07 Å². The Hall–Kier alpha value is -1.67. The highest BCUT2D eigenvalue weighted by atomic mass is 32.2. The summed E-state index contributed by atoms with van der Waals surface area (Å²) in [6, 6.07) is 5.72. The van der Waals surface area contributed by atoms with Gasteiger partial charge in [-0.15, -0.1) is 0 Å². The van der Waals surface area contributed by atoms with Crippen molar-refractivity contribution in [2.75, 3.05) is 26.4 Å². The topological polar surface area (TPSA) is 95.5 Å². The van der Waals surface area contributed by atoms with Crippen molar-refractivity contribution in [3.05, 3.63) is 30.1 Å². The number of nitrogens with zero attached hydrogens (tertiary/aromatic N) is 2. The Morgan fingerprint density at radius 2 is 2.10 bits per heavy atom. The Bertz CT molecular complexity index is 516. The van der Waals surface area contributed by atoms with Crippen LogP contribution in [0.15, 0.2) is 29.4 Å². The molecule has 0 aliphatic carbocycles. The minimum atomic E-state index is -3.11. The van der Waals surface area contributed by atoms with Gasteiger partial charge in [-0.3, -0.25) is 9.98 Å². The van der Waals surface area contributed by atoms with Gasteiger partial charge in [-0.25, -0.2) is 13.1 Å². The first-order valence-electron chi connectivity index (χ1n) is 6.30. The highest BCUT2D eigenvalue weighted by Gasteiger charge is 2.00. The fourth-order valence-electron chi connectivity index (χ4n) is 1.45. The van der Waals surface area contributed by atoms with E-state index in [-0.39, 0.29) is 0 Å². The summed E-state index contributed by atoms with van der Waals surface area (Å²) in [6.07, 6.45) is 3.56. The van der Waals surface area contributed by atoms with Gasteiger partial charge >= 0.3 is 0 Å². The van der Waals surface area contributed by atoms with Crippen molar-refractivity contribution in [3.63, 3.8) is 0 Å². The van der Waals surface area contributed by atoms with Crippen molar-refractivity contribution < 1.29 is 8.42 Å². The minimum absolute atomic E-state index is 0.406. The summed E-state index contributed by atoms with van der Waals surface area (Å²) in [5.41, 5.74) is 0.925. The maximum Gasteiger partial charge on any atom is 0.208 e. The molecule has 1 heterocycles. The zero-order chi connectivity index (χ0) is 14.8. The van der Waals surface area contributed by atoms with E-state index in [9.17, 15) is 8.42 Å². The zero-order valence-electron chi connectivity index (χ0n) is 11.8. The van der Waals surface area contributed by atoms with E-state index in [1.165, 1.54) is 0 Å². The second-order valence-corrected chi connectivity index (χ2v) is 6.03. The van der Waals surface area contributed by atoms with Crippen LogP contribution in [-0.4, -0.2) is 45.8 Å². The first kappa shape index (κ1) is 16.4. The number of hydrogen-bond acceptors (Lipinski definition) is 4. The van der Waals surface area contributed by atoms with E-state index in [0.29, 0.717) is 32.0 Å². The highest BCUT2D eigenvalue weighted by Crippen LogP contribution is 1.91. The number of pyridine rings is 1. The van der Waals surface area contributed by atoms with Gasteiger partial charge < -0.3 is 10.6 Å². The lowest BCUT2D eigenvalue weighted by Crippen LogP contribution is -2.38. The molecule has 0 saturated carbocycles. The normalized spacial score (nSPS) is 12.2. The fourth-order valence-corrected chi connectivity index (χ4v) is 1.97. The molecule has 1 aromatic rings. The van der Waals surface area contributed by atoms with E-state index in [0.717, 1.165) is 11.9 Å². The van der Waals surface area contributed by atoms with Gasteiger partial charge in [0.25, 0.3) is 0 Å². The molecule has 20 heavy (non-hydrogen) atoms. The molecule has 0 bridgehead atoms. The van der Waals surface area contributed by atoms with Gasteiger partial charge in [0.05, 0.1) is 18.5 Å². The van der Waals surface area contributed by atoms with Gasteiger partial charge in [0.1, 0.15) is 0 Å². The fraction of sp³-hybridized carbons (Fsp3) is 0.500. The maximum absolute atomic E-state index is 10.9. The Labute approximate surface area is 120 Å². The number of aliphatic imine (C=N–C) groups is 1. The molecule has 3 N–H and O–H groups in total. The monoisotopic (exact) mass is 299 g/mol. The SMILES string of the molecule is CN=C(NCCCNS(C)(=O)=O)NCc1ccccn1. The standard InChI is InChI=1S/C12H21N5O2S/c1-13-12(15-8-5-9-17-20(2,18)19)16-10-11-6-3-4-7-14-11/h3-4,6-7,17H,5,8-10H2,1-2H3,(H2,13,15,16). The van der Waals surface area contributed by atoms with Gasteiger partial charge in [0.2, 0.25) is 10.0 Å². The van der Waals surface area contributed by atoms with Gasteiger partial charge in [0, 0.05) is 26.3 Å². The van der Waals surface area contributed by atoms with Crippen molar-refractivity contribution in [3.8, 4) is 0 Å². The molecular formula is C12H21N5O2S. The Balaban J connectivity index is 2.20. The lowest BCUT2D eigenvalue weighted by Gasteiger charge is -2.11.